The summed E-state index contributed by atoms with van der Waals surface area (Å²) in [5.41, 5.74) is 5.39. The lowest BCUT2D eigenvalue weighted by molar-refractivity contribution is -0.215. The molecule has 5 rings (SSSR count). The molecular weight excluding hydrogens is 364 g/mol. The molecule has 5 nitrogen and oxygen atoms in total. The molecule has 2 aliphatic heterocycles. The molecule has 2 aromatic carbocycles. The van der Waals surface area contributed by atoms with Crippen molar-refractivity contribution >= 4 is 11.6 Å². The lowest BCUT2D eigenvalue weighted by Crippen LogP contribution is -2.49. The molecule has 2 aromatic rings. The Kier molecular flexibility index (Phi) is 5.15. The van der Waals surface area contributed by atoms with Crippen LogP contribution in [0.5, 0.6) is 5.75 Å². The Morgan fingerprint density at radius 3 is 2.48 bits per heavy atom. The minimum Gasteiger partial charge on any atom is -0.368 e. The lowest BCUT2D eigenvalue weighted by atomic mass is 9.99. The molecule has 0 saturated carbocycles. The molecule has 152 valence electrons. The van der Waals surface area contributed by atoms with Crippen molar-refractivity contribution < 1.29 is 14.6 Å². The maximum atomic E-state index is 12.8. The first-order chi connectivity index (χ1) is 14.3. The first kappa shape index (κ1) is 18.5. The van der Waals surface area contributed by atoms with Gasteiger partial charge in [-0.05, 0) is 48.4 Å². The summed E-state index contributed by atoms with van der Waals surface area (Å²) >= 11 is 0. The number of rotatable bonds is 4. The van der Waals surface area contributed by atoms with Gasteiger partial charge in [-0.2, -0.15) is 4.89 Å². The largest absolute Gasteiger partial charge is 0.368 e. The zero-order valence-electron chi connectivity index (χ0n) is 16.8. The van der Waals surface area contributed by atoms with Crippen molar-refractivity contribution in [3.8, 4) is 5.75 Å². The monoisotopic (exact) mass is 392 g/mol. The average molecular weight is 392 g/mol. The smallest absolute Gasteiger partial charge is 0.222 e. The number of nitrogens with zero attached hydrogens (tertiary/aromatic N) is 2. The van der Waals surface area contributed by atoms with Crippen LogP contribution in [0.2, 0.25) is 0 Å². The van der Waals surface area contributed by atoms with Crippen molar-refractivity contribution in [3.63, 3.8) is 0 Å². The van der Waals surface area contributed by atoms with Crippen LogP contribution < -0.4 is 9.79 Å². The van der Waals surface area contributed by atoms with Crippen LogP contribution in [-0.2, 0) is 28.9 Å². The highest BCUT2D eigenvalue weighted by Crippen LogP contribution is 2.33. The Hall–Kier alpha value is -2.53. The van der Waals surface area contributed by atoms with E-state index in [1.807, 2.05) is 17.0 Å². The van der Waals surface area contributed by atoms with Crippen molar-refractivity contribution in [1.29, 1.82) is 0 Å². The van der Waals surface area contributed by atoms with Gasteiger partial charge in [0.15, 0.2) is 5.75 Å². The molecule has 0 aromatic heterocycles. The molecule has 0 atom stereocenters. The number of hydrogen-bond acceptors (Lipinski definition) is 4. The van der Waals surface area contributed by atoms with Crippen molar-refractivity contribution in [1.82, 2.24) is 4.90 Å². The maximum absolute atomic E-state index is 12.8. The van der Waals surface area contributed by atoms with Crippen LogP contribution in [0.3, 0.4) is 0 Å². The molecule has 3 aliphatic rings. The van der Waals surface area contributed by atoms with E-state index in [-0.39, 0.29) is 0 Å². The summed E-state index contributed by atoms with van der Waals surface area (Å²) in [5.74, 6) is 1.76. The number of carbonyl (C=O) groups is 1. The Balaban J connectivity index is 1.13. The molecule has 5 heteroatoms. The van der Waals surface area contributed by atoms with Gasteiger partial charge >= 0.3 is 0 Å². The minimum atomic E-state index is 0.312. The van der Waals surface area contributed by atoms with Gasteiger partial charge in [0.1, 0.15) is 0 Å². The van der Waals surface area contributed by atoms with Gasteiger partial charge in [-0.1, -0.05) is 30.3 Å². The standard InChI is InChI=1S/C24H28N2O3/c27-24(9-8-18-16-19-4-1-2-5-20(19)17-18)26-13-11-25(12-14-26)22-6-3-7-23-21(22)10-15-28-29-23/h1-7,18H,8-17H2. The predicted octanol–water partition coefficient (Wildman–Crippen LogP) is 3.40. The molecule has 2 heterocycles. The normalized spacial score (nSPS) is 18.9. The second-order valence-electron chi connectivity index (χ2n) is 8.36. The fourth-order valence-electron chi connectivity index (χ4n) is 4.97. The average Bonchev–Trinajstić information content (AvgIpc) is 3.20. The predicted molar refractivity (Wildman–Crippen MR) is 112 cm³/mol. The van der Waals surface area contributed by atoms with Gasteiger partial charge < -0.3 is 14.7 Å². The summed E-state index contributed by atoms with van der Waals surface area (Å²) < 4.78 is 0. The molecule has 0 N–H and O–H groups in total. The highest BCUT2D eigenvalue weighted by molar-refractivity contribution is 5.76. The van der Waals surface area contributed by atoms with E-state index in [1.54, 1.807) is 0 Å². The fourth-order valence-corrected chi connectivity index (χ4v) is 4.97. The van der Waals surface area contributed by atoms with Crippen LogP contribution in [0, 0.1) is 5.92 Å². The van der Waals surface area contributed by atoms with E-state index in [0.29, 0.717) is 24.9 Å². The number of piperazine rings is 1. The van der Waals surface area contributed by atoms with E-state index < -0.39 is 0 Å². The summed E-state index contributed by atoms with van der Waals surface area (Å²) in [5, 5.41) is 0. The van der Waals surface area contributed by atoms with Gasteiger partial charge in [0.25, 0.3) is 0 Å². The third-order valence-corrected chi connectivity index (χ3v) is 6.57. The van der Waals surface area contributed by atoms with Crippen molar-refractivity contribution in [2.24, 2.45) is 5.92 Å². The molecule has 0 unspecified atom stereocenters. The number of carbonyl (C=O) groups excluding carboxylic acids is 1. The molecule has 1 saturated heterocycles. The molecule has 1 fully saturated rings. The van der Waals surface area contributed by atoms with Crippen LogP contribution in [0.25, 0.3) is 0 Å². The minimum absolute atomic E-state index is 0.312. The van der Waals surface area contributed by atoms with E-state index >= 15 is 0 Å². The van der Waals surface area contributed by atoms with Gasteiger partial charge in [-0.25, -0.2) is 0 Å². The van der Waals surface area contributed by atoms with Crippen LogP contribution in [0.4, 0.5) is 5.69 Å². The highest BCUT2D eigenvalue weighted by atomic mass is 17.2. The van der Waals surface area contributed by atoms with E-state index in [0.717, 1.165) is 57.6 Å². The number of hydrogen-bond donors (Lipinski definition) is 0. The second kappa shape index (κ2) is 8.07. The number of fused-ring (bicyclic) bond motifs is 2. The maximum Gasteiger partial charge on any atom is 0.222 e. The van der Waals surface area contributed by atoms with E-state index in [1.165, 1.54) is 22.4 Å². The van der Waals surface area contributed by atoms with Crippen LogP contribution in [0.1, 0.15) is 29.5 Å². The van der Waals surface area contributed by atoms with Gasteiger partial charge in [0, 0.05) is 50.3 Å². The SMILES string of the molecule is O=C(CCC1Cc2ccccc2C1)N1CCN(c2cccc3c2CCOO3)CC1. The lowest BCUT2D eigenvalue weighted by Gasteiger charge is -2.37. The van der Waals surface area contributed by atoms with Crippen LogP contribution in [0.15, 0.2) is 42.5 Å². The van der Waals surface area contributed by atoms with Crippen molar-refractivity contribution in [3.05, 3.63) is 59.2 Å². The first-order valence-corrected chi connectivity index (χ1v) is 10.8. The highest BCUT2D eigenvalue weighted by Gasteiger charge is 2.26. The van der Waals surface area contributed by atoms with Crippen LogP contribution in [-0.4, -0.2) is 43.6 Å². The molecule has 0 spiro atoms. The Morgan fingerprint density at radius 2 is 1.72 bits per heavy atom. The van der Waals surface area contributed by atoms with Gasteiger partial charge in [0.2, 0.25) is 5.91 Å². The topological polar surface area (TPSA) is 42.0 Å². The zero-order chi connectivity index (χ0) is 19.6. The zero-order valence-corrected chi connectivity index (χ0v) is 16.8. The molecule has 29 heavy (non-hydrogen) atoms. The van der Waals surface area contributed by atoms with Gasteiger partial charge in [-0.15, -0.1) is 0 Å². The van der Waals surface area contributed by atoms with Crippen molar-refractivity contribution in [2.75, 3.05) is 37.7 Å². The summed E-state index contributed by atoms with van der Waals surface area (Å²) in [6.45, 7) is 3.93. The third kappa shape index (κ3) is 3.84. The Labute approximate surface area is 172 Å². The Morgan fingerprint density at radius 1 is 0.966 bits per heavy atom. The molecule has 1 aliphatic carbocycles. The number of amides is 1. The number of anilines is 1. The molecule has 0 bridgehead atoms. The van der Waals surface area contributed by atoms with Crippen LogP contribution >= 0.6 is 0 Å². The molecule has 0 radical (unpaired) electrons. The van der Waals surface area contributed by atoms with E-state index in [9.17, 15) is 4.79 Å². The molecular formula is C24H28N2O3. The number of benzene rings is 2. The summed E-state index contributed by atoms with van der Waals surface area (Å²) in [6, 6.07) is 14.8. The first-order valence-electron chi connectivity index (χ1n) is 10.8. The third-order valence-electron chi connectivity index (χ3n) is 6.57. The van der Waals surface area contributed by atoms with Gasteiger partial charge in [-0.3, -0.25) is 4.79 Å². The quantitative estimate of drug-likeness (QED) is 0.748. The fraction of sp³-hybridized carbons (Fsp3) is 0.458. The summed E-state index contributed by atoms with van der Waals surface area (Å²) in [6.07, 6.45) is 4.79. The van der Waals surface area contributed by atoms with Gasteiger partial charge in [0.05, 0.1) is 6.61 Å². The molecule has 1 amide bonds. The van der Waals surface area contributed by atoms with E-state index in [4.69, 9.17) is 9.78 Å². The summed E-state index contributed by atoms with van der Waals surface area (Å²) in [7, 11) is 0. The summed E-state index contributed by atoms with van der Waals surface area (Å²) in [4.78, 5) is 27.6. The Bertz CT molecular complexity index is 864. The van der Waals surface area contributed by atoms with E-state index in [2.05, 4.69) is 35.2 Å². The van der Waals surface area contributed by atoms with Crippen molar-refractivity contribution in [2.45, 2.75) is 32.1 Å². The second-order valence-corrected chi connectivity index (χ2v) is 8.36.